The highest BCUT2D eigenvalue weighted by molar-refractivity contribution is 7.93. The van der Waals surface area contributed by atoms with E-state index in [2.05, 4.69) is 181 Å². The lowest BCUT2D eigenvalue weighted by Gasteiger charge is -2.90. The molecule has 0 spiro atoms. The van der Waals surface area contributed by atoms with Crippen molar-refractivity contribution < 1.29 is 8.85 Å². The van der Waals surface area contributed by atoms with Gasteiger partial charge >= 0.3 is 0 Å². The quantitative estimate of drug-likeness (QED) is 0.261. The summed E-state index contributed by atoms with van der Waals surface area (Å²) in [6.07, 6.45) is 0. The van der Waals surface area contributed by atoms with E-state index in [9.17, 15) is 0 Å². The lowest BCUT2D eigenvalue weighted by atomic mass is 9.74. The van der Waals surface area contributed by atoms with E-state index in [1.54, 1.807) is 10.4 Å². The summed E-state index contributed by atoms with van der Waals surface area (Å²) >= 11 is 0. The highest BCUT2D eigenvalue weighted by Gasteiger charge is 2.99. The molecule has 2 aromatic carbocycles. The van der Waals surface area contributed by atoms with Gasteiger partial charge in [0.05, 0.1) is 10.4 Å². The maximum atomic E-state index is 8.27. The van der Waals surface area contributed by atoms with Crippen LogP contribution < -0.4 is 10.4 Å². The molecule has 3 rings (SSSR count). The van der Waals surface area contributed by atoms with Crippen LogP contribution in [0.5, 0.6) is 0 Å². The first-order valence-electron chi connectivity index (χ1n) is 16.1. The normalized spacial score (nSPS) is 29.8. The van der Waals surface area contributed by atoms with Crippen LogP contribution >= 0.6 is 0 Å². The van der Waals surface area contributed by atoms with Gasteiger partial charge in [-0.15, -0.1) is 0 Å². The summed E-state index contributed by atoms with van der Waals surface area (Å²) in [4.78, 5) is 0. The largest absolute Gasteiger partial charge is 0.412 e. The van der Waals surface area contributed by atoms with Crippen molar-refractivity contribution in [1.82, 2.24) is 0 Å². The third-order valence-corrected chi connectivity index (χ3v) is 71.9. The standard InChI is InChI=1S/C34H64O2Si6/c1-31(2,3)33(35-37(7,8)9)34(32(4,5)6,36-38(10,11)12)42(40(16,17)18,30-27-23-20-24-28-30)41(33,39(13,14)15)29-25-21-19-22-26-29/h19-28H,1-18H3. The molecule has 4 atom stereocenters. The Hall–Kier alpha value is -0.339. The predicted molar refractivity (Wildman–Crippen MR) is 204 cm³/mol. The average molecular weight is 673 g/mol. The summed E-state index contributed by atoms with van der Waals surface area (Å²) in [7, 11) is -13.4. The molecule has 1 saturated heterocycles. The van der Waals surface area contributed by atoms with Crippen LogP contribution in [0, 0.1) is 10.8 Å². The minimum Gasteiger partial charge on any atom is -0.412 e. The second-order valence-corrected chi connectivity index (χ2v) is 63.4. The van der Waals surface area contributed by atoms with Crippen molar-refractivity contribution in [1.29, 1.82) is 0 Å². The van der Waals surface area contributed by atoms with Gasteiger partial charge in [0.1, 0.15) is 14.2 Å². The van der Waals surface area contributed by atoms with Gasteiger partial charge in [-0.2, -0.15) is 0 Å². The number of hydrogen-bond acceptors (Lipinski definition) is 2. The zero-order valence-corrected chi connectivity index (χ0v) is 36.6. The molecule has 0 saturated carbocycles. The van der Waals surface area contributed by atoms with Gasteiger partial charge in [0.2, 0.25) is 0 Å². The summed E-state index contributed by atoms with van der Waals surface area (Å²) in [5.41, 5.74) is -0.263. The average Bonchev–Trinajstić information content (AvgIpc) is 2.76. The van der Waals surface area contributed by atoms with Gasteiger partial charge in [-0.25, -0.2) is 0 Å². The number of rotatable bonds is 8. The van der Waals surface area contributed by atoms with Gasteiger partial charge in [-0.05, 0) is 50.1 Å². The molecule has 8 heteroatoms. The van der Waals surface area contributed by atoms with Crippen molar-refractivity contribution >= 4 is 56.4 Å². The lowest BCUT2D eigenvalue weighted by molar-refractivity contribution is -0.151. The van der Waals surface area contributed by atoms with E-state index in [-0.39, 0.29) is 21.3 Å². The van der Waals surface area contributed by atoms with Gasteiger partial charge in [0, 0.05) is 15.2 Å². The van der Waals surface area contributed by atoms with E-state index in [1.165, 1.54) is 0 Å². The highest BCUT2D eigenvalue weighted by atomic mass is 29.8. The van der Waals surface area contributed by atoms with Gasteiger partial charge in [0.15, 0.2) is 16.6 Å². The zero-order chi connectivity index (χ0) is 32.6. The van der Waals surface area contributed by atoms with Crippen LogP contribution in [0.4, 0.5) is 0 Å². The second-order valence-electron chi connectivity index (χ2n) is 19.0. The van der Waals surface area contributed by atoms with Crippen molar-refractivity contribution in [3.05, 3.63) is 60.7 Å². The van der Waals surface area contributed by atoms with Crippen LogP contribution in [0.2, 0.25) is 78.6 Å². The molecule has 0 N–H and O–H groups in total. The summed E-state index contributed by atoms with van der Waals surface area (Å²) < 4.78 is 16.5. The molecule has 1 heterocycles. The van der Waals surface area contributed by atoms with Crippen molar-refractivity contribution in [2.75, 3.05) is 0 Å². The molecule has 2 nitrogen and oxygen atoms in total. The summed E-state index contributed by atoms with van der Waals surface area (Å²) in [5.74, 6) is 0. The summed E-state index contributed by atoms with van der Waals surface area (Å²) in [5, 5.41) is 2.53. The fourth-order valence-electron chi connectivity index (χ4n) is 9.96. The zero-order valence-electron chi connectivity index (χ0n) is 30.6. The van der Waals surface area contributed by atoms with Crippen LogP contribution in [-0.4, -0.2) is 56.5 Å². The minimum absolute atomic E-state index is 0.131. The molecular weight excluding hydrogens is 609 g/mol. The van der Waals surface area contributed by atoms with E-state index in [1.807, 2.05) is 0 Å². The van der Waals surface area contributed by atoms with E-state index < -0.39 is 46.0 Å². The fraction of sp³-hybridized carbons (Fsp3) is 0.647. The van der Waals surface area contributed by atoms with Crippen LogP contribution in [0.3, 0.4) is 0 Å². The number of benzene rings is 2. The third kappa shape index (κ3) is 4.75. The molecule has 0 amide bonds. The van der Waals surface area contributed by atoms with E-state index >= 15 is 0 Å². The van der Waals surface area contributed by atoms with Crippen LogP contribution in [-0.2, 0) is 8.85 Å². The minimum atomic E-state index is -2.60. The highest BCUT2D eigenvalue weighted by Crippen LogP contribution is 2.74. The van der Waals surface area contributed by atoms with Gasteiger partial charge in [-0.3, -0.25) is 0 Å². The van der Waals surface area contributed by atoms with Crippen LogP contribution in [0.25, 0.3) is 0 Å². The molecule has 236 valence electrons. The van der Waals surface area contributed by atoms with Gasteiger partial charge in [0.25, 0.3) is 0 Å². The molecule has 0 aromatic heterocycles. The molecule has 42 heavy (non-hydrogen) atoms. The molecule has 0 aliphatic carbocycles. The van der Waals surface area contributed by atoms with Gasteiger partial charge in [-0.1, -0.05) is 152 Å². The Bertz CT molecular complexity index is 1140. The van der Waals surface area contributed by atoms with Gasteiger partial charge < -0.3 is 8.85 Å². The SMILES string of the molecule is CC(C)(C)C1(O[Si](C)(C)C)C(O[Si](C)(C)C)(C(C)(C)C)[Si](c2ccccc2)([Si](C)(C)C)[Si]1(c1ccccc1)[Si](C)(C)C. The topological polar surface area (TPSA) is 18.5 Å². The first-order valence-corrected chi connectivity index (χ1v) is 37.0. The van der Waals surface area contributed by atoms with E-state index in [4.69, 9.17) is 8.85 Å². The van der Waals surface area contributed by atoms with E-state index in [0.29, 0.717) is 0 Å². The Labute approximate surface area is 266 Å². The monoisotopic (exact) mass is 672 g/mol. The molecule has 0 bridgehead atoms. The van der Waals surface area contributed by atoms with Crippen LogP contribution in [0.1, 0.15) is 41.5 Å². The van der Waals surface area contributed by atoms with E-state index in [0.717, 1.165) is 0 Å². The van der Waals surface area contributed by atoms with Crippen LogP contribution in [0.15, 0.2) is 60.7 Å². The summed E-state index contributed by atoms with van der Waals surface area (Å²) in [6, 6.07) is 24.0. The smallest absolute Gasteiger partial charge is 0.184 e. The first kappa shape index (κ1) is 36.1. The van der Waals surface area contributed by atoms with Crippen molar-refractivity contribution in [3.63, 3.8) is 0 Å². The Kier molecular flexibility index (Phi) is 9.12. The Morgan fingerprint density at radius 3 is 0.857 bits per heavy atom. The van der Waals surface area contributed by atoms with Crippen molar-refractivity contribution in [2.24, 2.45) is 10.8 Å². The fourth-order valence-corrected chi connectivity index (χ4v) is 112. The second kappa shape index (κ2) is 10.6. The maximum absolute atomic E-state index is 8.27. The molecule has 1 aliphatic rings. The number of hydrogen-bond donors (Lipinski definition) is 0. The predicted octanol–water partition coefficient (Wildman–Crippen LogP) is 8.97. The molecule has 1 aliphatic heterocycles. The van der Waals surface area contributed by atoms with Crippen molar-refractivity contribution in [3.8, 4) is 0 Å². The molecule has 2 aromatic rings. The maximum Gasteiger partial charge on any atom is 0.184 e. The lowest BCUT2D eigenvalue weighted by Crippen LogP contribution is -3.20. The Morgan fingerprint density at radius 2 is 0.690 bits per heavy atom. The third-order valence-electron chi connectivity index (χ3n) is 9.81. The first-order chi connectivity index (χ1) is 18.6. The summed E-state index contributed by atoms with van der Waals surface area (Å²) in [6.45, 7) is 46.2. The molecule has 4 unspecified atom stereocenters. The Morgan fingerprint density at radius 1 is 0.452 bits per heavy atom. The molecule has 1 fully saturated rings. The molecule has 0 radical (unpaired) electrons. The Balaban J connectivity index is 2.99. The molecular formula is C34H64O2Si6. The van der Waals surface area contributed by atoms with Crippen molar-refractivity contribution in [2.45, 2.75) is 131 Å².